The van der Waals surface area contributed by atoms with Crippen molar-refractivity contribution in [2.45, 2.75) is 83.5 Å². The van der Waals surface area contributed by atoms with Crippen molar-refractivity contribution in [1.29, 1.82) is 0 Å². The molecule has 0 radical (unpaired) electrons. The standard InChI is InChI=1S/C46H51ClN2O3S2/c1-45(2)40(48(28-9-11-30-53-51)38-24-20-32-14-5-7-18-36(32)42(38)45)26-22-34-16-13-17-35(44(34)47)23-27-41-46(3,4)43-37-19-8-6-15-33(37)21-25-39(43)49(41)29-10-12-31-54-52-50/h5-8,14-15,18-27H,9-13,16-17,28-31H2,1-4H3,(H-,50,51)/p+1. The molecule has 2 heterocycles. The molecule has 2 aliphatic heterocycles. The molecule has 0 spiro atoms. The van der Waals surface area contributed by atoms with Gasteiger partial charge in [0.25, 0.3) is 0 Å². The van der Waals surface area contributed by atoms with E-state index in [1.807, 2.05) is 0 Å². The molecule has 0 unspecified atom stereocenters. The van der Waals surface area contributed by atoms with E-state index in [0.717, 1.165) is 98.7 Å². The van der Waals surface area contributed by atoms with Gasteiger partial charge in [-0.05, 0) is 121 Å². The summed E-state index contributed by atoms with van der Waals surface area (Å²) in [6.45, 7) is 11.2. The van der Waals surface area contributed by atoms with Crippen molar-refractivity contribution in [3.63, 3.8) is 0 Å². The quantitative estimate of drug-likeness (QED) is 0.0437. The third-order valence-electron chi connectivity index (χ3n) is 11.6. The number of hydrogen-bond acceptors (Lipinski definition) is 6. The summed E-state index contributed by atoms with van der Waals surface area (Å²) >= 11 is 9.38. The minimum atomic E-state index is -0.201. The highest BCUT2D eigenvalue weighted by molar-refractivity contribution is 7.94. The maximum atomic E-state index is 9.37. The molecule has 8 heteroatoms. The Morgan fingerprint density at radius 3 is 2.24 bits per heavy atom. The normalized spacial score (nSPS) is 19.4. The Morgan fingerprint density at radius 1 is 0.796 bits per heavy atom. The number of fused-ring (bicyclic) bond motifs is 6. The number of nitrogens with zero attached hydrogens (tertiary/aromatic N) is 2. The Kier molecular flexibility index (Phi) is 12.1. The first-order chi connectivity index (χ1) is 26.2. The van der Waals surface area contributed by atoms with E-state index in [2.05, 4.69) is 139 Å². The lowest BCUT2D eigenvalue weighted by Gasteiger charge is -2.27. The van der Waals surface area contributed by atoms with Crippen molar-refractivity contribution in [1.82, 2.24) is 0 Å². The van der Waals surface area contributed by atoms with Gasteiger partial charge < -0.3 is 9.45 Å². The smallest absolute Gasteiger partial charge is 0.210 e. The molecule has 2 N–H and O–H groups in total. The molecule has 0 saturated heterocycles. The maximum absolute atomic E-state index is 9.37. The molecule has 0 amide bonds. The molecule has 0 atom stereocenters. The largest absolute Gasteiger partial charge is 0.344 e. The van der Waals surface area contributed by atoms with Crippen molar-refractivity contribution in [2.24, 2.45) is 0 Å². The van der Waals surface area contributed by atoms with Crippen LogP contribution in [0.4, 0.5) is 11.4 Å². The molecular weight excluding hydrogens is 728 g/mol. The van der Waals surface area contributed by atoms with Crippen molar-refractivity contribution in [2.75, 3.05) is 29.5 Å². The summed E-state index contributed by atoms with van der Waals surface area (Å²) in [6, 6.07) is 26.5. The second kappa shape index (κ2) is 16.8. The van der Waals surface area contributed by atoms with Gasteiger partial charge in [0.15, 0.2) is 5.71 Å². The lowest BCUT2D eigenvalue weighted by atomic mass is 9.78. The number of unbranched alkanes of at least 4 members (excludes halogenated alkanes) is 2. The predicted molar refractivity (Wildman–Crippen MR) is 233 cm³/mol. The van der Waals surface area contributed by atoms with E-state index < -0.39 is 0 Å². The number of anilines is 1. The van der Waals surface area contributed by atoms with E-state index in [4.69, 9.17) is 16.9 Å². The van der Waals surface area contributed by atoms with E-state index in [0.29, 0.717) is 0 Å². The average molecular weight is 781 g/mol. The van der Waals surface area contributed by atoms with Crippen LogP contribution in [0.2, 0.25) is 0 Å². The van der Waals surface area contributed by atoms with Gasteiger partial charge in [-0.25, -0.2) is 5.26 Å². The third kappa shape index (κ3) is 7.48. The molecule has 54 heavy (non-hydrogen) atoms. The molecule has 282 valence electrons. The van der Waals surface area contributed by atoms with Gasteiger partial charge in [-0.1, -0.05) is 92.2 Å². The lowest BCUT2D eigenvalue weighted by Crippen LogP contribution is -2.28. The second-order valence-electron chi connectivity index (χ2n) is 15.7. The number of benzene rings is 4. The summed E-state index contributed by atoms with van der Waals surface area (Å²) < 4.78 is 16.1. The molecule has 5 nitrogen and oxygen atoms in total. The fraction of sp³-hybridized carbons (Fsp3) is 0.370. The SMILES string of the molecule is CC1(C)C(=CC=C2CCCC(C=CC3=[N+](CCCCSOO)c4ccc5ccccc5c4C3(C)C)=C2Cl)N(CCCCSO)c2ccc3ccccc3c21. The zero-order valence-electron chi connectivity index (χ0n) is 31.9. The van der Waals surface area contributed by atoms with Crippen LogP contribution < -0.4 is 4.90 Å². The summed E-state index contributed by atoms with van der Waals surface area (Å²) in [7, 11) is 0. The minimum Gasteiger partial charge on any atom is -0.344 e. The average Bonchev–Trinajstić information content (AvgIpc) is 3.53. The Bertz CT molecular complexity index is 2200. The molecule has 0 fully saturated rings. The summed E-state index contributed by atoms with van der Waals surface area (Å²) in [4.78, 5) is 2.51. The fourth-order valence-electron chi connectivity index (χ4n) is 9.02. The van der Waals surface area contributed by atoms with Crippen LogP contribution in [0.15, 0.2) is 119 Å². The Hall–Kier alpha value is -3.30. The highest BCUT2D eigenvalue weighted by Gasteiger charge is 2.45. The second-order valence-corrected chi connectivity index (χ2v) is 17.6. The van der Waals surface area contributed by atoms with Gasteiger partial charge in [0.1, 0.15) is 6.54 Å². The summed E-state index contributed by atoms with van der Waals surface area (Å²) in [5, 5.41) is 14.8. The minimum absolute atomic E-state index is 0.191. The molecule has 7 rings (SSSR count). The molecule has 4 aromatic carbocycles. The van der Waals surface area contributed by atoms with Gasteiger partial charge in [0, 0.05) is 76.1 Å². The van der Waals surface area contributed by atoms with Crippen molar-refractivity contribution < 1.29 is 18.7 Å². The van der Waals surface area contributed by atoms with Crippen LogP contribution in [-0.2, 0) is 15.2 Å². The monoisotopic (exact) mass is 779 g/mol. The van der Waals surface area contributed by atoms with Crippen LogP contribution in [0.25, 0.3) is 21.5 Å². The molecular formula is C46H52ClN2O3S2+. The lowest BCUT2D eigenvalue weighted by molar-refractivity contribution is -0.438. The zero-order valence-corrected chi connectivity index (χ0v) is 34.3. The van der Waals surface area contributed by atoms with Crippen LogP contribution >= 0.6 is 35.7 Å². The van der Waals surface area contributed by atoms with E-state index >= 15 is 0 Å². The van der Waals surface area contributed by atoms with Crippen molar-refractivity contribution in [3.05, 3.63) is 130 Å². The zero-order chi connectivity index (χ0) is 37.9. The van der Waals surface area contributed by atoms with Gasteiger partial charge in [0.2, 0.25) is 5.69 Å². The molecule has 0 bridgehead atoms. The highest BCUT2D eigenvalue weighted by Crippen LogP contribution is 2.51. The first-order valence-corrected chi connectivity index (χ1v) is 21.6. The van der Waals surface area contributed by atoms with Gasteiger partial charge in [0.05, 0.1) is 5.41 Å². The first kappa shape index (κ1) is 39.0. The summed E-state index contributed by atoms with van der Waals surface area (Å²) in [5.41, 5.74) is 9.86. The van der Waals surface area contributed by atoms with E-state index in [1.54, 1.807) is 0 Å². The van der Waals surface area contributed by atoms with Crippen LogP contribution in [0.5, 0.6) is 0 Å². The van der Waals surface area contributed by atoms with Crippen molar-refractivity contribution in [3.8, 4) is 0 Å². The third-order valence-corrected chi connectivity index (χ3v) is 13.1. The van der Waals surface area contributed by atoms with Crippen molar-refractivity contribution >= 4 is 74.3 Å². The van der Waals surface area contributed by atoms with Crippen LogP contribution in [0, 0.1) is 0 Å². The van der Waals surface area contributed by atoms with Gasteiger partial charge >= 0.3 is 0 Å². The van der Waals surface area contributed by atoms with Crippen LogP contribution in [0.3, 0.4) is 0 Å². The summed E-state index contributed by atoms with van der Waals surface area (Å²) in [5.74, 6) is 1.50. The molecule has 0 saturated carbocycles. The van der Waals surface area contributed by atoms with Gasteiger partial charge in [-0.2, -0.15) is 8.91 Å². The topological polar surface area (TPSA) is 55.9 Å². The molecule has 0 aromatic heterocycles. The van der Waals surface area contributed by atoms with Gasteiger partial charge in [-0.3, -0.25) is 0 Å². The molecule has 1 aliphatic carbocycles. The van der Waals surface area contributed by atoms with E-state index in [-0.39, 0.29) is 10.8 Å². The van der Waals surface area contributed by atoms with E-state index in [9.17, 15) is 4.55 Å². The van der Waals surface area contributed by atoms with Gasteiger partial charge in [-0.15, -0.1) is 0 Å². The Balaban J connectivity index is 1.23. The Morgan fingerprint density at radius 2 is 1.50 bits per heavy atom. The predicted octanol–water partition coefficient (Wildman–Crippen LogP) is 13.1. The number of allylic oxidation sites excluding steroid dienone is 8. The number of halogens is 1. The Labute approximate surface area is 334 Å². The summed E-state index contributed by atoms with van der Waals surface area (Å²) in [6.07, 6.45) is 16.1. The van der Waals surface area contributed by atoms with E-state index in [1.165, 1.54) is 66.6 Å². The molecule has 4 aromatic rings. The van der Waals surface area contributed by atoms with Crippen LogP contribution in [-0.4, -0.2) is 44.7 Å². The van der Waals surface area contributed by atoms with Crippen LogP contribution in [0.1, 0.15) is 83.8 Å². The first-order valence-electron chi connectivity index (χ1n) is 19.3. The maximum Gasteiger partial charge on any atom is 0.210 e. The number of hydrogen-bond donors (Lipinski definition) is 2. The molecule has 3 aliphatic rings. The fourth-order valence-corrected chi connectivity index (χ4v) is 10.1. The number of rotatable bonds is 14. The highest BCUT2D eigenvalue weighted by atomic mass is 35.5.